The van der Waals surface area contributed by atoms with Gasteiger partial charge < -0.3 is 4.57 Å². The molecule has 0 saturated heterocycles. The quantitative estimate of drug-likeness (QED) is 0.448. The van der Waals surface area contributed by atoms with Crippen molar-refractivity contribution in [2.24, 2.45) is 0 Å². The van der Waals surface area contributed by atoms with E-state index >= 15 is 0 Å². The molecule has 0 bridgehead atoms. The van der Waals surface area contributed by atoms with Crippen molar-refractivity contribution in [2.45, 2.75) is 25.6 Å². The Labute approximate surface area is 167 Å². The molecule has 0 amide bonds. The van der Waals surface area contributed by atoms with Crippen molar-refractivity contribution in [3.05, 3.63) is 98.6 Å². The van der Waals surface area contributed by atoms with Crippen LogP contribution >= 0.6 is 11.6 Å². The van der Waals surface area contributed by atoms with E-state index < -0.39 is 5.82 Å². The molecule has 1 aliphatic rings. The van der Waals surface area contributed by atoms with Gasteiger partial charge in [-0.1, -0.05) is 29.8 Å². The summed E-state index contributed by atoms with van der Waals surface area (Å²) in [6.07, 6.45) is 2.99. The van der Waals surface area contributed by atoms with Crippen LogP contribution < -0.4 is 0 Å². The van der Waals surface area contributed by atoms with Crippen LogP contribution in [-0.2, 0) is 13.1 Å². The number of hydrogen-bond donors (Lipinski definition) is 0. The predicted molar refractivity (Wildman–Crippen MR) is 106 cm³/mol. The average molecular weight is 400 g/mol. The molecule has 1 aliphatic heterocycles. The number of non-ortho nitro benzene ring substituents is 1. The summed E-state index contributed by atoms with van der Waals surface area (Å²) in [5.74, 6) is -0.439. The smallest absolute Gasteiger partial charge is 0.269 e. The van der Waals surface area contributed by atoms with Gasteiger partial charge in [-0.25, -0.2) is 4.39 Å². The minimum Gasteiger partial charge on any atom is -0.350 e. The van der Waals surface area contributed by atoms with E-state index in [4.69, 9.17) is 11.6 Å². The SMILES string of the molecule is O=[N+]([O-])c1cccc([C@@H]2c3cccn3CCCN2Cc2ccc(F)c(Cl)c2)c1. The summed E-state index contributed by atoms with van der Waals surface area (Å²) < 4.78 is 15.7. The highest BCUT2D eigenvalue weighted by Crippen LogP contribution is 2.34. The molecule has 2 heterocycles. The molecular formula is C21H19ClFN3O2. The maximum Gasteiger partial charge on any atom is 0.269 e. The molecule has 4 rings (SSSR count). The van der Waals surface area contributed by atoms with Crippen LogP contribution in [0.1, 0.15) is 29.3 Å². The van der Waals surface area contributed by atoms with Gasteiger partial charge in [0.1, 0.15) is 5.82 Å². The van der Waals surface area contributed by atoms with Crippen LogP contribution in [0.15, 0.2) is 60.8 Å². The van der Waals surface area contributed by atoms with Gasteiger partial charge in [0.15, 0.2) is 0 Å². The third-order valence-corrected chi connectivity index (χ3v) is 5.41. The lowest BCUT2D eigenvalue weighted by Crippen LogP contribution is -2.29. The highest BCUT2D eigenvalue weighted by molar-refractivity contribution is 6.30. The molecule has 5 nitrogen and oxygen atoms in total. The first kappa shape index (κ1) is 18.7. The molecule has 1 aromatic heterocycles. The number of fused-ring (bicyclic) bond motifs is 1. The number of aryl methyl sites for hydroxylation is 1. The van der Waals surface area contributed by atoms with Gasteiger partial charge in [-0.05, 0) is 41.8 Å². The van der Waals surface area contributed by atoms with Crippen molar-refractivity contribution in [3.8, 4) is 0 Å². The number of benzene rings is 2. The van der Waals surface area contributed by atoms with E-state index in [1.807, 2.05) is 18.3 Å². The summed E-state index contributed by atoms with van der Waals surface area (Å²) in [5, 5.41) is 11.4. The van der Waals surface area contributed by atoms with E-state index in [0.717, 1.165) is 36.3 Å². The van der Waals surface area contributed by atoms with Crippen LogP contribution in [0.2, 0.25) is 5.02 Å². The van der Waals surface area contributed by atoms with Gasteiger partial charge in [-0.3, -0.25) is 15.0 Å². The zero-order valence-electron chi connectivity index (χ0n) is 15.1. The fourth-order valence-corrected chi connectivity index (χ4v) is 4.08. The second kappa shape index (κ2) is 7.73. The largest absolute Gasteiger partial charge is 0.350 e. The molecular weight excluding hydrogens is 381 g/mol. The van der Waals surface area contributed by atoms with Gasteiger partial charge in [0.25, 0.3) is 5.69 Å². The molecule has 0 aliphatic carbocycles. The fourth-order valence-electron chi connectivity index (χ4n) is 3.87. The topological polar surface area (TPSA) is 51.3 Å². The standard InChI is InChI=1S/C21H19ClFN3O2/c22-18-12-15(7-8-19(18)23)14-25-11-3-10-24-9-2-6-20(24)21(25)16-4-1-5-17(13-16)26(27)28/h1-2,4-9,12-13,21H,3,10-11,14H2/t21-/m1/s1. The van der Waals surface area contributed by atoms with E-state index in [-0.39, 0.29) is 21.7 Å². The first-order chi connectivity index (χ1) is 13.5. The summed E-state index contributed by atoms with van der Waals surface area (Å²) in [6, 6.07) is 15.4. The minimum absolute atomic E-state index is 0.0737. The average Bonchev–Trinajstić information content (AvgIpc) is 3.06. The predicted octanol–water partition coefficient (Wildman–Crippen LogP) is 5.18. The maximum atomic E-state index is 13.5. The normalized spacial score (nSPS) is 17.1. The zero-order chi connectivity index (χ0) is 19.7. The van der Waals surface area contributed by atoms with Crippen LogP contribution in [-0.4, -0.2) is 20.9 Å². The Bertz CT molecular complexity index is 1020. The number of aromatic nitrogens is 1. The number of nitro groups is 1. The zero-order valence-corrected chi connectivity index (χ0v) is 15.8. The maximum absolute atomic E-state index is 13.5. The Morgan fingerprint density at radius 2 is 2.00 bits per heavy atom. The van der Waals surface area contributed by atoms with E-state index in [0.29, 0.717) is 6.54 Å². The first-order valence-corrected chi connectivity index (χ1v) is 9.48. The molecule has 3 aromatic rings. The Balaban J connectivity index is 1.76. The number of nitrogens with zero attached hydrogens (tertiary/aromatic N) is 3. The van der Waals surface area contributed by atoms with Crippen molar-refractivity contribution in [1.29, 1.82) is 0 Å². The van der Waals surface area contributed by atoms with Gasteiger partial charge in [-0.15, -0.1) is 0 Å². The molecule has 28 heavy (non-hydrogen) atoms. The Morgan fingerprint density at radius 1 is 1.14 bits per heavy atom. The second-order valence-electron chi connectivity index (χ2n) is 6.95. The third kappa shape index (κ3) is 3.66. The van der Waals surface area contributed by atoms with Gasteiger partial charge in [0.2, 0.25) is 0 Å². The fraction of sp³-hybridized carbons (Fsp3) is 0.238. The Kier molecular flexibility index (Phi) is 5.15. The second-order valence-corrected chi connectivity index (χ2v) is 7.36. The lowest BCUT2D eigenvalue weighted by molar-refractivity contribution is -0.384. The molecule has 0 unspecified atom stereocenters. The van der Waals surface area contributed by atoms with E-state index in [1.165, 1.54) is 12.1 Å². The molecule has 144 valence electrons. The molecule has 0 fully saturated rings. The van der Waals surface area contributed by atoms with Crippen molar-refractivity contribution < 1.29 is 9.31 Å². The lowest BCUT2D eigenvalue weighted by Gasteiger charge is -2.30. The van der Waals surface area contributed by atoms with E-state index in [9.17, 15) is 14.5 Å². The summed E-state index contributed by atoms with van der Waals surface area (Å²) in [7, 11) is 0. The molecule has 7 heteroatoms. The monoisotopic (exact) mass is 399 g/mol. The Hall–Kier alpha value is -2.70. The van der Waals surface area contributed by atoms with Crippen molar-refractivity contribution in [3.63, 3.8) is 0 Å². The minimum atomic E-state index is -0.439. The van der Waals surface area contributed by atoms with Crippen molar-refractivity contribution >= 4 is 17.3 Å². The van der Waals surface area contributed by atoms with Crippen LogP contribution in [0.5, 0.6) is 0 Å². The highest BCUT2D eigenvalue weighted by atomic mass is 35.5. The molecule has 1 atom stereocenters. The van der Waals surface area contributed by atoms with Crippen molar-refractivity contribution in [2.75, 3.05) is 6.54 Å². The lowest BCUT2D eigenvalue weighted by atomic mass is 10.0. The summed E-state index contributed by atoms with van der Waals surface area (Å²) in [4.78, 5) is 13.2. The van der Waals surface area contributed by atoms with Crippen molar-refractivity contribution in [1.82, 2.24) is 9.47 Å². The van der Waals surface area contributed by atoms with E-state index in [2.05, 4.69) is 15.5 Å². The molecule has 0 N–H and O–H groups in total. The van der Waals surface area contributed by atoms with Crippen LogP contribution in [0.25, 0.3) is 0 Å². The number of rotatable bonds is 4. The molecule has 0 radical (unpaired) electrons. The van der Waals surface area contributed by atoms with Gasteiger partial charge in [0.05, 0.1) is 16.0 Å². The van der Waals surface area contributed by atoms with Gasteiger partial charge >= 0.3 is 0 Å². The Morgan fingerprint density at radius 3 is 2.79 bits per heavy atom. The first-order valence-electron chi connectivity index (χ1n) is 9.10. The number of nitro benzene ring substituents is 1. The van der Waals surface area contributed by atoms with Gasteiger partial charge in [0, 0.05) is 43.7 Å². The summed E-state index contributed by atoms with van der Waals surface area (Å²) in [6.45, 7) is 2.26. The van der Waals surface area contributed by atoms with Crippen LogP contribution in [0.3, 0.4) is 0 Å². The summed E-state index contributed by atoms with van der Waals surface area (Å²) >= 11 is 5.96. The number of hydrogen-bond acceptors (Lipinski definition) is 3. The van der Waals surface area contributed by atoms with Crippen LogP contribution in [0.4, 0.5) is 10.1 Å². The summed E-state index contributed by atoms with van der Waals surface area (Å²) in [5.41, 5.74) is 2.93. The molecule has 0 spiro atoms. The van der Waals surface area contributed by atoms with Crippen LogP contribution in [0, 0.1) is 15.9 Å². The highest BCUT2D eigenvalue weighted by Gasteiger charge is 2.28. The molecule has 0 saturated carbocycles. The van der Waals surface area contributed by atoms with Gasteiger partial charge in [-0.2, -0.15) is 0 Å². The number of halogens is 2. The molecule has 2 aromatic carbocycles. The third-order valence-electron chi connectivity index (χ3n) is 5.12. The van der Waals surface area contributed by atoms with E-state index in [1.54, 1.807) is 24.3 Å².